The van der Waals surface area contributed by atoms with Crippen molar-refractivity contribution < 1.29 is 4.74 Å². The number of hydrogen-bond acceptors (Lipinski definition) is 1. The molecule has 0 saturated heterocycles. The first-order valence-corrected chi connectivity index (χ1v) is 7.42. The second-order valence-corrected chi connectivity index (χ2v) is 8.64. The number of rotatable bonds is 3. The molecule has 0 radical (unpaired) electrons. The van der Waals surface area contributed by atoms with Crippen LogP contribution in [0.3, 0.4) is 0 Å². The van der Waals surface area contributed by atoms with Gasteiger partial charge in [0.25, 0.3) is 0 Å². The van der Waals surface area contributed by atoms with Crippen LogP contribution in [0.15, 0.2) is 10.9 Å². The van der Waals surface area contributed by atoms with E-state index in [2.05, 4.69) is 19.6 Å². The summed E-state index contributed by atoms with van der Waals surface area (Å²) in [7, 11) is -1.18. The van der Waals surface area contributed by atoms with E-state index in [0.717, 1.165) is 0 Å². The van der Waals surface area contributed by atoms with E-state index in [1.54, 1.807) is 0 Å². The molecule has 0 fully saturated rings. The number of halogens is 1. The molecule has 0 aromatic rings. The number of ether oxygens (including phenoxy) is 1. The monoisotopic (exact) mass is 178 g/mol. The Labute approximate surface area is 69.0 Å². The first-order valence-electron chi connectivity index (χ1n) is 3.47. The van der Waals surface area contributed by atoms with Crippen LogP contribution in [0.25, 0.3) is 0 Å². The van der Waals surface area contributed by atoms with Gasteiger partial charge in [-0.2, -0.15) is 0 Å². The maximum atomic E-state index is 5.74. The van der Waals surface area contributed by atoms with Crippen LogP contribution in [0.4, 0.5) is 0 Å². The fourth-order valence-corrected chi connectivity index (χ4v) is 2.38. The highest BCUT2D eigenvalue weighted by atomic mass is 35.5. The molecule has 0 N–H and O–H groups in total. The topological polar surface area (TPSA) is 9.23 Å². The van der Waals surface area contributed by atoms with Crippen LogP contribution in [-0.2, 0) is 4.74 Å². The van der Waals surface area contributed by atoms with Crippen molar-refractivity contribution in [3.05, 3.63) is 10.9 Å². The first kappa shape index (κ1) is 10.0. The quantitative estimate of drug-likeness (QED) is 0.477. The minimum Gasteiger partial charge on any atom is -0.484 e. The molecule has 3 heteroatoms. The van der Waals surface area contributed by atoms with E-state index >= 15 is 0 Å². The zero-order chi connectivity index (χ0) is 8.20. The van der Waals surface area contributed by atoms with Crippen molar-refractivity contribution in [3.63, 3.8) is 0 Å². The Bertz CT molecular complexity index is 126. The van der Waals surface area contributed by atoms with E-state index in [1.807, 2.05) is 12.6 Å². The van der Waals surface area contributed by atoms with Crippen LogP contribution >= 0.6 is 11.6 Å². The first-order chi connectivity index (χ1) is 4.45. The van der Waals surface area contributed by atoms with Gasteiger partial charge in [-0.1, -0.05) is 19.6 Å². The van der Waals surface area contributed by atoms with Crippen molar-refractivity contribution in [2.24, 2.45) is 0 Å². The SMILES string of the molecule is CCO/C(Cl)=C\[Si](C)(C)C. The lowest BCUT2D eigenvalue weighted by Crippen LogP contribution is -2.16. The Hall–Kier alpha value is 0.0469. The summed E-state index contributed by atoms with van der Waals surface area (Å²) in [6, 6.07) is 0. The summed E-state index contributed by atoms with van der Waals surface area (Å²) in [5.41, 5.74) is 2.04. The molecule has 10 heavy (non-hydrogen) atoms. The molecule has 0 spiro atoms. The lowest BCUT2D eigenvalue weighted by molar-refractivity contribution is 0.255. The van der Waals surface area contributed by atoms with Gasteiger partial charge in [0.2, 0.25) is 0 Å². The van der Waals surface area contributed by atoms with Crippen LogP contribution in [0, 0.1) is 0 Å². The van der Waals surface area contributed by atoms with Crippen molar-refractivity contribution in [2.75, 3.05) is 6.61 Å². The zero-order valence-corrected chi connectivity index (χ0v) is 8.83. The van der Waals surface area contributed by atoms with Crippen LogP contribution in [-0.4, -0.2) is 14.7 Å². The highest BCUT2D eigenvalue weighted by Gasteiger charge is 2.10. The normalized spacial score (nSPS) is 13.5. The zero-order valence-electron chi connectivity index (χ0n) is 7.07. The van der Waals surface area contributed by atoms with Gasteiger partial charge in [0, 0.05) is 0 Å². The van der Waals surface area contributed by atoms with Gasteiger partial charge in [-0.25, -0.2) is 0 Å². The highest BCUT2D eigenvalue weighted by molar-refractivity contribution is 6.81. The van der Waals surface area contributed by atoms with Crippen LogP contribution in [0.1, 0.15) is 6.92 Å². The second kappa shape index (κ2) is 4.04. The molecule has 0 amide bonds. The molecule has 0 heterocycles. The second-order valence-electron chi connectivity index (χ2n) is 3.25. The van der Waals surface area contributed by atoms with Gasteiger partial charge < -0.3 is 4.74 Å². The third-order valence-electron chi connectivity index (χ3n) is 0.829. The fourth-order valence-electron chi connectivity index (χ4n) is 0.520. The van der Waals surface area contributed by atoms with Crippen LogP contribution in [0.2, 0.25) is 19.6 Å². The minimum atomic E-state index is -1.18. The largest absolute Gasteiger partial charge is 0.484 e. The van der Waals surface area contributed by atoms with Gasteiger partial charge in [0.1, 0.15) is 0 Å². The van der Waals surface area contributed by atoms with Gasteiger partial charge in [-0.3, -0.25) is 0 Å². The Morgan fingerprint density at radius 2 is 2.00 bits per heavy atom. The molecule has 0 aliphatic carbocycles. The van der Waals surface area contributed by atoms with Crippen molar-refractivity contribution >= 4 is 19.7 Å². The summed E-state index contributed by atoms with van der Waals surface area (Å²) in [6.45, 7) is 9.23. The summed E-state index contributed by atoms with van der Waals surface area (Å²) in [4.78, 5) is 0. The molecular formula is C7H15ClOSi. The summed E-state index contributed by atoms with van der Waals surface area (Å²) in [5, 5.41) is 0.557. The third kappa shape index (κ3) is 6.17. The van der Waals surface area contributed by atoms with Crippen molar-refractivity contribution in [2.45, 2.75) is 26.6 Å². The van der Waals surface area contributed by atoms with Crippen molar-refractivity contribution in [1.29, 1.82) is 0 Å². The standard InChI is InChI=1S/C7H15ClOSi/c1-5-9-7(8)6-10(2,3)4/h6H,5H2,1-4H3/b7-6-. The van der Waals surface area contributed by atoms with Gasteiger partial charge in [0.15, 0.2) is 5.22 Å². The van der Waals surface area contributed by atoms with E-state index < -0.39 is 8.07 Å². The summed E-state index contributed by atoms with van der Waals surface area (Å²) in [6.07, 6.45) is 0. The van der Waals surface area contributed by atoms with Crippen molar-refractivity contribution in [1.82, 2.24) is 0 Å². The molecule has 0 aromatic carbocycles. The van der Waals surface area contributed by atoms with Crippen LogP contribution < -0.4 is 0 Å². The van der Waals surface area contributed by atoms with Gasteiger partial charge >= 0.3 is 0 Å². The summed E-state index contributed by atoms with van der Waals surface area (Å²) >= 11 is 5.74. The van der Waals surface area contributed by atoms with E-state index in [4.69, 9.17) is 16.3 Å². The van der Waals surface area contributed by atoms with E-state index in [0.29, 0.717) is 11.8 Å². The Morgan fingerprint density at radius 3 is 2.30 bits per heavy atom. The maximum absolute atomic E-state index is 5.74. The molecule has 0 aliphatic heterocycles. The molecule has 0 aromatic heterocycles. The highest BCUT2D eigenvalue weighted by Crippen LogP contribution is 2.10. The molecule has 0 aliphatic rings. The maximum Gasteiger partial charge on any atom is 0.178 e. The van der Waals surface area contributed by atoms with E-state index in [9.17, 15) is 0 Å². The Kier molecular flexibility index (Phi) is 4.06. The fraction of sp³-hybridized carbons (Fsp3) is 0.714. The van der Waals surface area contributed by atoms with Crippen LogP contribution in [0.5, 0.6) is 0 Å². The van der Waals surface area contributed by atoms with Gasteiger partial charge in [-0.05, 0) is 24.2 Å². The molecule has 0 unspecified atom stereocenters. The molecule has 0 bridgehead atoms. The lowest BCUT2D eigenvalue weighted by atomic mass is 10.9. The predicted molar refractivity (Wildman–Crippen MR) is 48.9 cm³/mol. The average Bonchev–Trinajstić information content (AvgIpc) is 1.59. The Balaban J connectivity index is 3.90. The molecule has 1 nitrogen and oxygen atoms in total. The van der Waals surface area contributed by atoms with Gasteiger partial charge in [-0.15, -0.1) is 0 Å². The molecule has 0 rings (SSSR count). The molecular weight excluding hydrogens is 164 g/mol. The number of hydrogen-bond donors (Lipinski definition) is 0. The average molecular weight is 179 g/mol. The summed E-state index contributed by atoms with van der Waals surface area (Å²) in [5.74, 6) is 0. The molecule has 0 saturated carbocycles. The minimum absolute atomic E-state index is 0.557. The lowest BCUT2D eigenvalue weighted by Gasteiger charge is -2.10. The van der Waals surface area contributed by atoms with Crippen molar-refractivity contribution in [3.8, 4) is 0 Å². The Morgan fingerprint density at radius 1 is 1.50 bits per heavy atom. The summed E-state index contributed by atoms with van der Waals surface area (Å²) < 4.78 is 5.08. The van der Waals surface area contributed by atoms with Gasteiger partial charge in [0.05, 0.1) is 14.7 Å². The van der Waals surface area contributed by atoms with E-state index in [1.165, 1.54) is 0 Å². The molecule has 0 atom stereocenters. The van der Waals surface area contributed by atoms with E-state index in [-0.39, 0.29) is 0 Å². The predicted octanol–water partition coefficient (Wildman–Crippen LogP) is 2.98. The smallest absolute Gasteiger partial charge is 0.178 e. The third-order valence-corrected chi connectivity index (χ3v) is 2.36. The molecule has 60 valence electrons.